The van der Waals surface area contributed by atoms with Crippen molar-refractivity contribution in [2.45, 2.75) is 31.2 Å². The molecule has 0 heterocycles. The summed E-state index contributed by atoms with van der Waals surface area (Å²) in [5.41, 5.74) is 1.18. The number of nitrogens with one attached hydrogen (secondary N) is 2. The summed E-state index contributed by atoms with van der Waals surface area (Å²) in [5, 5.41) is 2.88. The Balaban J connectivity index is 2.27. The quantitative estimate of drug-likeness (QED) is 0.637. The van der Waals surface area contributed by atoms with Crippen LogP contribution in [0.1, 0.15) is 42.2 Å². The maximum Gasteiger partial charge on any atom is 0.251 e. The molecule has 0 saturated heterocycles. The van der Waals surface area contributed by atoms with Gasteiger partial charge in [0.25, 0.3) is 5.91 Å². The van der Waals surface area contributed by atoms with Crippen LogP contribution in [0.5, 0.6) is 5.75 Å². The number of hydrogen-bond donors (Lipinski definition) is 2. The Kier molecular flexibility index (Phi) is 7.41. The van der Waals surface area contributed by atoms with E-state index in [-0.39, 0.29) is 28.2 Å². The fourth-order valence-electron chi connectivity index (χ4n) is 2.48. The fourth-order valence-corrected chi connectivity index (χ4v) is 4.23. The van der Waals surface area contributed by atoms with Gasteiger partial charge in [-0.2, -0.15) is 0 Å². The number of carbonyl (C=O) groups excluding carboxylic acids is 1. The number of methoxy groups -OCH3 is 1. The lowest BCUT2D eigenvalue weighted by Crippen LogP contribution is -2.28. The molecule has 2 rings (SSSR count). The first-order valence-corrected chi connectivity index (χ1v) is 10.8. The summed E-state index contributed by atoms with van der Waals surface area (Å²) >= 11 is 3.41. The van der Waals surface area contributed by atoms with Crippen LogP contribution in [0.3, 0.4) is 0 Å². The zero-order valence-electron chi connectivity index (χ0n) is 15.5. The highest BCUT2D eigenvalue weighted by molar-refractivity contribution is 9.10. The molecule has 2 aromatic carbocycles. The summed E-state index contributed by atoms with van der Waals surface area (Å²) in [6.07, 6.45) is 0.659. The van der Waals surface area contributed by atoms with E-state index in [0.717, 1.165) is 10.0 Å². The van der Waals surface area contributed by atoms with Gasteiger partial charge < -0.3 is 10.1 Å². The van der Waals surface area contributed by atoms with Crippen molar-refractivity contribution in [2.24, 2.45) is 0 Å². The SMILES string of the molecule is CCCNS(=O)(=O)c1cc(C(=O)N[C@H](C)c2cccc(Br)c2)ccc1OC. The van der Waals surface area contributed by atoms with Gasteiger partial charge in [0, 0.05) is 16.6 Å². The minimum Gasteiger partial charge on any atom is -0.495 e. The normalized spacial score (nSPS) is 12.4. The summed E-state index contributed by atoms with van der Waals surface area (Å²) in [6, 6.07) is 11.7. The highest BCUT2D eigenvalue weighted by Gasteiger charge is 2.22. The minimum atomic E-state index is -3.77. The van der Waals surface area contributed by atoms with Gasteiger partial charge in [0.15, 0.2) is 0 Å². The van der Waals surface area contributed by atoms with Crippen molar-refractivity contribution in [3.63, 3.8) is 0 Å². The molecule has 0 bridgehead atoms. The molecule has 0 radical (unpaired) electrons. The molecule has 1 amide bonds. The van der Waals surface area contributed by atoms with E-state index in [1.807, 2.05) is 38.1 Å². The van der Waals surface area contributed by atoms with Gasteiger partial charge >= 0.3 is 0 Å². The maximum absolute atomic E-state index is 12.6. The number of rotatable bonds is 8. The van der Waals surface area contributed by atoms with E-state index in [1.165, 1.54) is 19.2 Å². The van der Waals surface area contributed by atoms with Gasteiger partial charge in [-0.3, -0.25) is 4.79 Å². The largest absolute Gasteiger partial charge is 0.495 e. The molecule has 2 N–H and O–H groups in total. The molecular formula is C19H23BrN2O4S. The highest BCUT2D eigenvalue weighted by atomic mass is 79.9. The Morgan fingerprint density at radius 3 is 2.59 bits per heavy atom. The predicted octanol–water partition coefficient (Wildman–Crippen LogP) is 3.64. The van der Waals surface area contributed by atoms with Gasteiger partial charge in [0.2, 0.25) is 10.0 Å². The monoisotopic (exact) mass is 454 g/mol. The fraction of sp³-hybridized carbons (Fsp3) is 0.316. The van der Waals surface area contributed by atoms with Crippen molar-refractivity contribution < 1.29 is 17.9 Å². The molecule has 0 aliphatic rings. The van der Waals surface area contributed by atoms with Crippen LogP contribution in [-0.2, 0) is 10.0 Å². The standard InChI is InChI=1S/C19H23BrN2O4S/c1-4-10-21-27(24,25)18-12-15(8-9-17(18)26-3)19(23)22-13(2)14-6-5-7-16(20)11-14/h5-9,11-13,21H,4,10H2,1-3H3,(H,22,23)/t13-/m1/s1. The van der Waals surface area contributed by atoms with E-state index in [1.54, 1.807) is 6.07 Å². The Hall–Kier alpha value is -1.90. The molecule has 6 nitrogen and oxygen atoms in total. The van der Waals surface area contributed by atoms with Crippen molar-refractivity contribution in [1.29, 1.82) is 0 Å². The molecule has 146 valence electrons. The minimum absolute atomic E-state index is 0.0544. The molecule has 0 aromatic heterocycles. The Labute approximate surface area is 168 Å². The van der Waals surface area contributed by atoms with Gasteiger partial charge in [-0.1, -0.05) is 35.0 Å². The van der Waals surface area contributed by atoms with Gasteiger partial charge in [-0.05, 0) is 49.2 Å². The molecule has 0 unspecified atom stereocenters. The predicted molar refractivity (Wildman–Crippen MR) is 108 cm³/mol. The smallest absolute Gasteiger partial charge is 0.251 e. The van der Waals surface area contributed by atoms with E-state index in [4.69, 9.17) is 4.74 Å². The summed E-state index contributed by atoms with van der Waals surface area (Å²) in [7, 11) is -2.38. The van der Waals surface area contributed by atoms with E-state index in [2.05, 4.69) is 26.0 Å². The summed E-state index contributed by atoms with van der Waals surface area (Å²) in [4.78, 5) is 12.6. The molecule has 8 heteroatoms. The average molecular weight is 455 g/mol. The van der Waals surface area contributed by atoms with Gasteiger partial charge in [0.1, 0.15) is 10.6 Å². The molecule has 2 aromatic rings. The Bertz CT molecular complexity index is 916. The molecule has 0 aliphatic carbocycles. The van der Waals surface area contributed by atoms with E-state index in [0.29, 0.717) is 13.0 Å². The first-order chi connectivity index (χ1) is 12.8. The van der Waals surface area contributed by atoms with E-state index < -0.39 is 10.0 Å². The first kappa shape index (κ1) is 21.4. The van der Waals surface area contributed by atoms with Crippen molar-refractivity contribution in [2.75, 3.05) is 13.7 Å². The summed E-state index contributed by atoms with van der Waals surface area (Å²) < 4.78 is 33.6. The van der Waals surface area contributed by atoms with Gasteiger partial charge in [-0.15, -0.1) is 0 Å². The van der Waals surface area contributed by atoms with Crippen molar-refractivity contribution in [3.8, 4) is 5.75 Å². The third kappa shape index (κ3) is 5.54. The third-order valence-corrected chi connectivity index (χ3v) is 5.93. The first-order valence-electron chi connectivity index (χ1n) is 8.52. The lowest BCUT2D eigenvalue weighted by Gasteiger charge is -2.16. The molecular weight excluding hydrogens is 432 g/mol. The number of hydrogen-bond acceptors (Lipinski definition) is 4. The Morgan fingerprint density at radius 2 is 1.96 bits per heavy atom. The molecule has 27 heavy (non-hydrogen) atoms. The second-order valence-corrected chi connectivity index (χ2v) is 8.66. The number of ether oxygens (including phenoxy) is 1. The second kappa shape index (κ2) is 9.34. The third-order valence-electron chi connectivity index (χ3n) is 3.95. The molecule has 0 fully saturated rings. The molecule has 0 spiro atoms. The van der Waals surface area contributed by atoms with E-state index >= 15 is 0 Å². The van der Waals surface area contributed by atoms with Gasteiger partial charge in [0.05, 0.1) is 13.2 Å². The van der Waals surface area contributed by atoms with Crippen LogP contribution < -0.4 is 14.8 Å². The maximum atomic E-state index is 12.6. The van der Waals surface area contributed by atoms with Crippen LogP contribution in [0.25, 0.3) is 0 Å². The van der Waals surface area contributed by atoms with Crippen LogP contribution in [-0.4, -0.2) is 28.0 Å². The lowest BCUT2D eigenvalue weighted by molar-refractivity contribution is 0.0939. The number of benzene rings is 2. The van der Waals surface area contributed by atoms with Crippen LogP contribution in [0.4, 0.5) is 0 Å². The molecule has 0 aliphatic heterocycles. The zero-order valence-corrected chi connectivity index (χ0v) is 17.9. The Morgan fingerprint density at radius 1 is 1.22 bits per heavy atom. The number of amides is 1. The van der Waals surface area contributed by atoms with Crippen LogP contribution >= 0.6 is 15.9 Å². The van der Waals surface area contributed by atoms with Crippen molar-refractivity contribution in [3.05, 3.63) is 58.1 Å². The van der Waals surface area contributed by atoms with Crippen LogP contribution in [0, 0.1) is 0 Å². The summed E-state index contributed by atoms with van der Waals surface area (Å²) in [5.74, 6) is -0.174. The topological polar surface area (TPSA) is 84.5 Å². The van der Waals surface area contributed by atoms with Crippen LogP contribution in [0.15, 0.2) is 51.8 Å². The lowest BCUT2D eigenvalue weighted by atomic mass is 10.1. The number of halogens is 1. The van der Waals surface area contributed by atoms with Crippen molar-refractivity contribution in [1.82, 2.24) is 10.0 Å². The number of carbonyl (C=O) groups is 1. The zero-order chi connectivity index (χ0) is 20.0. The number of sulfonamides is 1. The van der Waals surface area contributed by atoms with Crippen LogP contribution in [0.2, 0.25) is 0 Å². The molecule has 1 atom stereocenters. The molecule has 0 saturated carbocycles. The van der Waals surface area contributed by atoms with E-state index in [9.17, 15) is 13.2 Å². The van der Waals surface area contributed by atoms with Crippen molar-refractivity contribution >= 4 is 31.9 Å². The second-order valence-electron chi connectivity index (χ2n) is 6.01. The highest BCUT2D eigenvalue weighted by Crippen LogP contribution is 2.25. The average Bonchev–Trinajstić information content (AvgIpc) is 2.65. The van der Waals surface area contributed by atoms with Gasteiger partial charge in [-0.25, -0.2) is 13.1 Å². The summed E-state index contributed by atoms with van der Waals surface area (Å²) in [6.45, 7) is 4.04.